The van der Waals surface area contributed by atoms with Gasteiger partial charge in [-0.2, -0.15) is 0 Å². The fraction of sp³-hybridized carbons (Fsp3) is 0.788. The normalized spacial score (nSPS) is 25.5. The van der Waals surface area contributed by atoms with Crippen LogP contribution >= 0.6 is 0 Å². The molecule has 0 aromatic carbocycles. The number of amides is 12. The fourth-order valence-electron chi connectivity index (χ4n) is 11.2. The Hall–Kier alpha value is -6.74. The molecule has 0 aromatic heterocycles. The van der Waals surface area contributed by atoms with Gasteiger partial charge in [0.1, 0.15) is 60.4 Å². The average molecular weight is 1320 g/mol. The Morgan fingerprint density at radius 2 is 0.989 bits per heavy atom. The van der Waals surface area contributed by atoms with E-state index in [9.17, 15) is 43.5 Å². The summed E-state index contributed by atoms with van der Waals surface area (Å²) in [6, 6.07) is -12.8. The van der Waals surface area contributed by atoms with Gasteiger partial charge >= 0.3 is 0 Å². The molecule has 12 amide bonds. The number of likely N-dealkylation sites (N-methyl/N-ethyl adjacent to an activating group) is 7. The van der Waals surface area contributed by atoms with Crippen LogP contribution in [0.3, 0.4) is 0 Å². The molecule has 27 heteroatoms. The van der Waals surface area contributed by atoms with Crippen LogP contribution in [0.25, 0.3) is 0 Å². The first-order valence-corrected chi connectivity index (χ1v) is 33.1. The van der Waals surface area contributed by atoms with Gasteiger partial charge in [-0.25, -0.2) is 0 Å². The molecule has 1 fully saturated rings. The number of carbonyl (C=O) groups excluding carboxylic acids is 12. The SMILES string of the molecule is CC[C@@H]1NC(=O)[C@H]([C@H](O)[C@H](C)C/C=C/C(=O)NCCOCCN)N(C)C(=O)[C@H](C(C)C)N(C)C(=O)[C@H](CC(C)C)N(C)C(=O)[C@H](CC(C)C)N(C)C(=O)[C@@H](C)NC(=O)[C@H](C)NC(=O)[C@H](CC(C)C)N(C)C(=O)C(C(C)C)NC(=O)C(CC(C)C)N(C)C(=O)CN(C)C1=O. The standard InChI is InChI=1S/C66H119N13O14/c1-24-46-62(88)73(17)36-52(81)74(18)47(32-37(2)3)59(85)72-53(41(10)11)65(91)75(19)48(33-38(4)5)58(84)69-44(15)57(83)70-45(16)61(87)76(20)49(34-39(6)7)63(89)77(21)50(35-40(8)9)64(90)78(22)54(42(12)13)66(92)79(23)55(60(86)71-46)56(82)43(14)26-25-27-51(80)68-29-31-93-30-28-67/h25,27,37-50,53-56,82H,24,26,28-36,67H2,1-23H3,(H,68,80)(H,69,84)(H,70,83)(H,71,86)(H,72,85)/b27-25+/t43-,44+,45-,46+,47?,48+,49+,50+,53?,54+,55+,56-/m1/s1. The number of nitrogens with zero attached hydrogens (tertiary/aromatic N) is 7. The molecule has 0 radical (unpaired) electrons. The lowest BCUT2D eigenvalue weighted by Crippen LogP contribution is -2.63. The van der Waals surface area contributed by atoms with Crippen molar-refractivity contribution in [3.8, 4) is 0 Å². The van der Waals surface area contributed by atoms with Gasteiger partial charge in [-0.1, -0.05) is 103 Å². The minimum Gasteiger partial charge on any atom is -0.390 e. The fourth-order valence-corrected chi connectivity index (χ4v) is 11.2. The van der Waals surface area contributed by atoms with E-state index in [1.165, 1.54) is 99.8 Å². The lowest BCUT2D eigenvalue weighted by atomic mass is 9.91. The van der Waals surface area contributed by atoms with Crippen molar-refractivity contribution in [2.24, 2.45) is 47.2 Å². The highest BCUT2D eigenvalue weighted by Gasteiger charge is 2.46. The summed E-state index contributed by atoms with van der Waals surface area (Å²) in [6.45, 7) is 28.2. The Balaban J connectivity index is 4.34. The molecule has 0 aliphatic carbocycles. The van der Waals surface area contributed by atoms with E-state index in [0.717, 1.165) is 9.80 Å². The van der Waals surface area contributed by atoms with E-state index < -0.39 is 162 Å². The van der Waals surface area contributed by atoms with Gasteiger partial charge < -0.3 is 76.5 Å². The molecule has 532 valence electrons. The van der Waals surface area contributed by atoms with Crippen molar-refractivity contribution in [1.29, 1.82) is 0 Å². The van der Waals surface area contributed by atoms with E-state index in [0.29, 0.717) is 13.2 Å². The van der Waals surface area contributed by atoms with Crippen molar-refractivity contribution in [1.82, 2.24) is 60.9 Å². The predicted octanol–water partition coefficient (Wildman–Crippen LogP) is 1.34. The third-order valence-corrected chi connectivity index (χ3v) is 16.9. The van der Waals surface area contributed by atoms with Gasteiger partial charge in [0.25, 0.3) is 0 Å². The molecule has 1 aliphatic heterocycles. The summed E-state index contributed by atoms with van der Waals surface area (Å²) in [5, 5.41) is 25.9. The molecular formula is C66H119N13O14. The quantitative estimate of drug-likeness (QED) is 0.0630. The molecule has 12 atom stereocenters. The Morgan fingerprint density at radius 1 is 0.538 bits per heavy atom. The zero-order valence-electron chi connectivity index (χ0n) is 60.3. The van der Waals surface area contributed by atoms with Gasteiger partial charge in [0.2, 0.25) is 70.9 Å². The molecule has 93 heavy (non-hydrogen) atoms. The van der Waals surface area contributed by atoms with Crippen LogP contribution in [-0.4, -0.2) is 259 Å². The number of nitrogens with two attached hydrogens (primary N) is 1. The molecule has 27 nitrogen and oxygen atoms in total. The van der Waals surface area contributed by atoms with Crippen LogP contribution in [0, 0.1) is 41.4 Å². The maximum absolute atomic E-state index is 15.3. The summed E-state index contributed by atoms with van der Waals surface area (Å²) in [4.78, 5) is 182. The molecular weight excluding hydrogens is 1200 g/mol. The highest BCUT2D eigenvalue weighted by molar-refractivity contribution is 5.99. The minimum atomic E-state index is -1.75. The average Bonchev–Trinajstić information content (AvgIpc) is 0.817. The second kappa shape index (κ2) is 39.8. The first kappa shape index (κ1) is 84.3. The van der Waals surface area contributed by atoms with Crippen molar-refractivity contribution in [3.05, 3.63) is 12.2 Å². The molecule has 1 rings (SSSR count). The second-order valence-corrected chi connectivity index (χ2v) is 27.6. The number of aliphatic hydroxyl groups is 1. The van der Waals surface area contributed by atoms with Gasteiger partial charge in [-0.15, -0.1) is 0 Å². The zero-order valence-corrected chi connectivity index (χ0v) is 60.3. The van der Waals surface area contributed by atoms with Crippen LogP contribution in [0.15, 0.2) is 12.2 Å². The second-order valence-electron chi connectivity index (χ2n) is 27.6. The Morgan fingerprint density at radius 3 is 1.47 bits per heavy atom. The third-order valence-electron chi connectivity index (χ3n) is 16.9. The molecule has 0 bridgehead atoms. The van der Waals surface area contributed by atoms with Crippen molar-refractivity contribution >= 4 is 70.9 Å². The lowest BCUT2D eigenvalue weighted by Gasteiger charge is -2.41. The number of allylic oxidation sites excluding steroid dienone is 1. The number of hydrogen-bond acceptors (Lipinski definition) is 15. The van der Waals surface area contributed by atoms with E-state index >= 15 is 19.2 Å². The zero-order chi connectivity index (χ0) is 71.8. The maximum atomic E-state index is 15.3. The van der Waals surface area contributed by atoms with Crippen LogP contribution in [-0.2, 0) is 62.3 Å². The smallest absolute Gasteiger partial charge is 0.246 e. The van der Waals surface area contributed by atoms with E-state index in [4.69, 9.17) is 10.5 Å². The maximum Gasteiger partial charge on any atom is 0.246 e. The summed E-state index contributed by atoms with van der Waals surface area (Å²) in [7, 11) is 9.73. The first-order valence-electron chi connectivity index (χ1n) is 33.1. The lowest BCUT2D eigenvalue weighted by molar-refractivity contribution is -0.157. The van der Waals surface area contributed by atoms with Crippen molar-refractivity contribution in [3.63, 3.8) is 0 Å². The van der Waals surface area contributed by atoms with Crippen LogP contribution in [0.2, 0.25) is 0 Å². The van der Waals surface area contributed by atoms with E-state index in [-0.39, 0.29) is 75.3 Å². The van der Waals surface area contributed by atoms with Crippen molar-refractivity contribution in [2.45, 2.75) is 216 Å². The monoisotopic (exact) mass is 1320 g/mol. The highest BCUT2D eigenvalue weighted by Crippen LogP contribution is 2.26. The van der Waals surface area contributed by atoms with Gasteiger partial charge in [0.15, 0.2) is 0 Å². The number of aliphatic hydroxyl groups excluding tert-OH is 1. The molecule has 1 saturated heterocycles. The van der Waals surface area contributed by atoms with Gasteiger partial charge in [0.05, 0.1) is 25.9 Å². The number of hydrogen-bond donors (Lipinski definition) is 7. The molecule has 1 aliphatic rings. The van der Waals surface area contributed by atoms with Crippen LogP contribution in [0.1, 0.15) is 149 Å². The molecule has 0 spiro atoms. The first-order chi connectivity index (χ1) is 43.1. The Kier molecular flexibility index (Phi) is 36.1. The van der Waals surface area contributed by atoms with Crippen molar-refractivity contribution < 1.29 is 67.4 Å². The van der Waals surface area contributed by atoms with Gasteiger partial charge in [0, 0.05) is 62.4 Å². The molecule has 2 unspecified atom stereocenters. The van der Waals surface area contributed by atoms with Gasteiger partial charge in [-0.3, -0.25) is 57.5 Å². The minimum absolute atomic E-state index is 0.0196. The van der Waals surface area contributed by atoms with E-state index in [1.807, 2.05) is 55.4 Å². The largest absolute Gasteiger partial charge is 0.390 e. The highest BCUT2D eigenvalue weighted by atomic mass is 16.5. The molecule has 0 saturated carbocycles. The van der Waals surface area contributed by atoms with E-state index in [1.54, 1.807) is 41.5 Å². The van der Waals surface area contributed by atoms with Crippen LogP contribution < -0.4 is 32.3 Å². The summed E-state index contributed by atoms with van der Waals surface area (Å²) < 4.78 is 5.32. The molecule has 1 heterocycles. The van der Waals surface area contributed by atoms with Crippen molar-refractivity contribution in [2.75, 3.05) is 82.2 Å². The summed E-state index contributed by atoms with van der Waals surface area (Å²) in [5.74, 6) is -11.0. The summed E-state index contributed by atoms with van der Waals surface area (Å²) in [6.07, 6.45) is 1.57. The molecule has 8 N–H and O–H groups in total. The summed E-state index contributed by atoms with van der Waals surface area (Å²) >= 11 is 0. The summed E-state index contributed by atoms with van der Waals surface area (Å²) in [5.41, 5.74) is 5.48. The topological polar surface area (TPSA) is 343 Å². The number of rotatable bonds is 21. The number of nitrogens with one attached hydrogen (secondary N) is 5. The van der Waals surface area contributed by atoms with Crippen LogP contribution in [0.4, 0.5) is 0 Å². The number of ether oxygens (including phenoxy) is 1. The van der Waals surface area contributed by atoms with Crippen LogP contribution in [0.5, 0.6) is 0 Å². The molecule has 0 aromatic rings. The Bertz CT molecular complexity index is 2550. The van der Waals surface area contributed by atoms with E-state index in [2.05, 4.69) is 26.6 Å². The third kappa shape index (κ3) is 25.5. The van der Waals surface area contributed by atoms with Gasteiger partial charge in [-0.05, 0) is 99.9 Å². The number of carbonyl (C=O) groups is 12. The predicted molar refractivity (Wildman–Crippen MR) is 356 cm³/mol. The Labute approximate surface area is 554 Å².